The van der Waals surface area contributed by atoms with E-state index in [1.54, 1.807) is 23.0 Å². The number of rotatable bonds is 4. The van der Waals surface area contributed by atoms with Crippen LogP contribution in [-0.2, 0) is 4.74 Å². The van der Waals surface area contributed by atoms with Crippen LogP contribution in [0.2, 0.25) is 5.02 Å². The molecule has 1 N–H and O–H groups in total. The second kappa shape index (κ2) is 8.49. The van der Waals surface area contributed by atoms with Gasteiger partial charge >= 0.3 is 5.97 Å². The molecular formula is C23H17ClF2N4O3. The molecular weight excluding hydrogens is 454 g/mol. The highest BCUT2D eigenvalue weighted by Crippen LogP contribution is 2.36. The zero-order valence-electron chi connectivity index (χ0n) is 17.1. The van der Waals surface area contributed by atoms with Crippen molar-refractivity contribution in [1.82, 2.24) is 19.7 Å². The molecule has 0 saturated carbocycles. The molecule has 0 aliphatic carbocycles. The molecule has 0 spiro atoms. The van der Waals surface area contributed by atoms with Gasteiger partial charge < -0.3 is 9.84 Å². The summed E-state index contributed by atoms with van der Waals surface area (Å²) in [5, 5.41) is 13.6. The Bertz CT molecular complexity index is 1390. The van der Waals surface area contributed by atoms with Gasteiger partial charge in [0.2, 0.25) is 0 Å². The number of hydrogen-bond donors (Lipinski definition) is 1. The Kier molecular flexibility index (Phi) is 5.51. The fourth-order valence-electron chi connectivity index (χ4n) is 3.84. The topological polar surface area (TPSA) is 90.1 Å². The van der Waals surface area contributed by atoms with Crippen LogP contribution in [0.4, 0.5) is 8.78 Å². The van der Waals surface area contributed by atoms with Gasteiger partial charge in [0, 0.05) is 36.2 Å². The van der Waals surface area contributed by atoms with Gasteiger partial charge in [0.1, 0.15) is 23.6 Å². The van der Waals surface area contributed by atoms with E-state index in [-0.39, 0.29) is 28.1 Å². The Morgan fingerprint density at radius 2 is 1.97 bits per heavy atom. The molecule has 1 aromatic carbocycles. The zero-order valence-corrected chi connectivity index (χ0v) is 17.9. The van der Waals surface area contributed by atoms with Crippen LogP contribution in [-0.4, -0.2) is 37.4 Å². The highest BCUT2D eigenvalue weighted by atomic mass is 35.5. The minimum absolute atomic E-state index is 0.00460. The average Bonchev–Trinajstić information content (AvgIpc) is 3.26. The molecule has 4 heterocycles. The quantitative estimate of drug-likeness (QED) is 0.397. The molecule has 3 aromatic heterocycles. The first kappa shape index (κ1) is 21.4. The SMILES string of the molecule is O=C(O)c1cnc2ccc(-c3cn(C4CCCCO4)nc3-c3cc(Cl)c(F)cc3F)nc2c1. The van der Waals surface area contributed by atoms with E-state index in [0.717, 1.165) is 19.3 Å². The zero-order chi connectivity index (χ0) is 23.1. The Balaban J connectivity index is 1.69. The molecule has 168 valence electrons. The number of aromatic carboxylic acids is 1. The summed E-state index contributed by atoms with van der Waals surface area (Å²) in [7, 11) is 0. The molecule has 1 saturated heterocycles. The third-order valence-electron chi connectivity index (χ3n) is 5.51. The molecule has 7 nitrogen and oxygen atoms in total. The van der Waals surface area contributed by atoms with Crippen LogP contribution in [0.3, 0.4) is 0 Å². The molecule has 5 rings (SSSR count). The molecule has 1 fully saturated rings. The summed E-state index contributed by atoms with van der Waals surface area (Å²) >= 11 is 5.93. The van der Waals surface area contributed by atoms with Crippen LogP contribution in [0.5, 0.6) is 0 Å². The van der Waals surface area contributed by atoms with Gasteiger partial charge in [-0.1, -0.05) is 11.6 Å². The number of pyridine rings is 2. The van der Waals surface area contributed by atoms with E-state index in [9.17, 15) is 18.7 Å². The van der Waals surface area contributed by atoms with Crippen molar-refractivity contribution in [2.45, 2.75) is 25.5 Å². The number of aromatic nitrogens is 4. The summed E-state index contributed by atoms with van der Waals surface area (Å²) in [6, 6.07) is 6.70. The lowest BCUT2D eigenvalue weighted by atomic mass is 10.0. The van der Waals surface area contributed by atoms with E-state index in [4.69, 9.17) is 16.3 Å². The molecule has 4 aromatic rings. The van der Waals surface area contributed by atoms with Crippen LogP contribution in [0, 0.1) is 11.6 Å². The van der Waals surface area contributed by atoms with Crippen molar-refractivity contribution >= 4 is 28.6 Å². The summed E-state index contributed by atoms with van der Waals surface area (Å²) in [4.78, 5) is 20.0. The minimum Gasteiger partial charge on any atom is -0.478 e. The van der Waals surface area contributed by atoms with Crippen molar-refractivity contribution in [3.63, 3.8) is 0 Å². The number of benzene rings is 1. The number of fused-ring (bicyclic) bond motifs is 1. The van der Waals surface area contributed by atoms with Gasteiger partial charge in [-0.3, -0.25) is 4.98 Å². The van der Waals surface area contributed by atoms with E-state index < -0.39 is 17.6 Å². The molecule has 0 radical (unpaired) electrons. The third-order valence-corrected chi connectivity index (χ3v) is 5.80. The second-order valence-corrected chi connectivity index (χ2v) is 8.11. The monoisotopic (exact) mass is 470 g/mol. The first-order valence-electron chi connectivity index (χ1n) is 10.3. The second-order valence-electron chi connectivity index (χ2n) is 7.70. The lowest BCUT2D eigenvalue weighted by Gasteiger charge is -2.22. The van der Waals surface area contributed by atoms with Crippen molar-refractivity contribution in [1.29, 1.82) is 0 Å². The fourth-order valence-corrected chi connectivity index (χ4v) is 4.00. The summed E-state index contributed by atoms with van der Waals surface area (Å²) in [6.07, 6.45) is 5.28. The standard InChI is InChI=1S/C23H17ClF2N4O3/c24-15-8-13(16(25)9-17(15)26)22-14(11-30(29-22)21-3-1-2-6-33-21)18-4-5-19-20(28-18)7-12(10-27-19)23(31)32/h4-5,7-11,21H,1-3,6H2,(H,31,32). The van der Waals surface area contributed by atoms with E-state index in [2.05, 4.69) is 15.1 Å². The van der Waals surface area contributed by atoms with E-state index in [1.807, 2.05) is 0 Å². The smallest absolute Gasteiger partial charge is 0.337 e. The van der Waals surface area contributed by atoms with E-state index >= 15 is 0 Å². The molecule has 0 bridgehead atoms. The number of nitrogens with zero attached hydrogens (tertiary/aromatic N) is 4. The van der Waals surface area contributed by atoms with Crippen LogP contribution in [0.1, 0.15) is 35.8 Å². The van der Waals surface area contributed by atoms with Gasteiger partial charge in [-0.25, -0.2) is 23.2 Å². The van der Waals surface area contributed by atoms with Gasteiger partial charge in [0.15, 0.2) is 0 Å². The first-order chi connectivity index (χ1) is 15.9. The molecule has 1 atom stereocenters. The van der Waals surface area contributed by atoms with Gasteiger partial charge in [0.05, 0.1) is 27.3 Å². The number of hydrogen-bond acceptors (Lipinski definition) is 5. The van der Waals surface area contributed by atoms with Crippen LogP contribution < -0.4 is 0 Å². The van der Waals surface area contributed by atoms with Gasteiger partial charge in [-0.15, -0.1) is 0 Å². The summed E-state index contributed by atoms with van der Waals surface area (Å²) in [6.45, 7) is 0.587. The molecule has 1 aliphatic rings. The van der Waals surface area contributed by atoms with Crippen LogP contribution >= 0.6 is 11.6 Å². The van der Waals surface area contributed by atoms with E-state index in [0.29, 0.717) is 35.0 Å². The number of ether oxygens (including phenoxy) is 1. The minimum atomic E-state index is -1.12. The third kappa shape index (κ3) is 4.05. The summed E-state index contributed by atoms with van der Waals surface area (Å²) in [5.41, 5.74) is 1.98. The Morgan fingerprint density at radius 1 is 1.12 bits per heavy atom. The largest absolute Gasteiger partial charge is 0.478 e. The van der Waals surface area contributed by atoms with Crippen LogP contribution in [0.15, 0.2) is 42.7 Å². The Morgan fingerprint density at radius 3 is 2.73 bits per heavy atom. The highest BCUT2D eigenvalue weighted by Gasteiger charge is 2.24. The number of halogens is 3. The molecule has 10 heteroatoms. The maximum Gasteiger partial charge on any atom is 0.337 e. The van der Waals surface area contributed by atoms with Crippen molar-refractivity contribution in [3.8, 4) is 22.5 Å². The fraction of sp³-hybridized carbons (Fsp3) is 0.217. The van der Waals surface area contributed by atoms with Gasteiger partial charge in [-0.2, -0.15) is 5.10 Å². The molecule has 1 aliphatic heterocycles. The number of carboxylic acid groups (broad SMARTS) is 1. The molecule has 33 heavy (non-hydrogen) atoms. The van der Waals surface area contributed by atoms with Crippen molar-refractivity contribution in [2.75, 3.05) is 6.61 Å². The predicted octanol–water partition coefficient (Wildman–Crippen LogP) is 5.49. The Labute approximate surface area is 191 Å². The normalized spacial score (nSPS) is 16.3. The maximum atomic E-state index is 14.8. The molecule has 1 unspecified atom stereocenters. The van der Waals surface area contributed by atoms with Crippen molar-refractivity contribution in [2.24, 2.45) is 0 Å². The molecule has 0 amide bonds. The number of carbonyl (C=O) groups is 1. The van der Waals surface area contributed by atoms with Gasteiger partial charge in [0.25, 0.3) is 0 Å². The van der Waals surface area contributed by atoms with Crippen molar-refractivity contribution < 1.29 is 23.4 Å². The highest BCUT2D eigenvalue weighted by molar-refractivity contribution is 6.31. The van der Waals surface area contributed by atoms with E-state index in [1.165, 1.54) is 18.3 Å². The average molecular weight is 471 g/mol. The predicted molar refractivity (Wildman–Crippen MR) is 117 cm³/mol. The van der Waals surface area contributed by atoms with Crippen molar-refractivity contribution in [3.05, 3.63) is 64.9 Å². The maximum absolute atomic E-state index is 14.8. The number of carboxylic acids is 1. The summed E-state index contributed by atoms with van der Waals surface area (Å²) < 4.78 is 36.0. The summed E-state index contributed by atoms with van der Waals surface area (Å²) in [5.74, 6) is -2.81. The van der Waals surface area contributed by atoms with Crippen LogP contribution in [0.25, 0.3) is 33.5 Å². The lowest BCUT2D eigenvalue weighted by Crippen LogP contribution is -2.18. The Hall–Kier alpha value is -3.43. The lowest BCUT2D eigenvalue weighted by molar-refractivity contribution is -0.0393. The first-order valence-corrected chi connectivity index (χ1v) is 10.6. The van der Waals surface area contributed by atoms with Gasteiger partial charge in [-0.05, 0) is 43.5 Å².